The van der Waals surface area contributed by atoms with Crippen molar-refractivity contribution in [2.75, 3.05) is 85.9 Å². The lowest BCUT2D eigenvalue weighted by Crippen LogP contribution is -2.29. The van der Waals surface area contributed by atoms with E-state index in [1.807, 2.05) is 54.7 Å². The maximum atomic E-state index is 11.1. The average molecular weight is 1280 g/mol. The van der Waals surface area contributed by atoms with Gasteiger partial charge in [-0.25, -0.2) is 4.68 Å². The molecule has 0 bridgehead atoms. The Labute approximate surface area is 403 Å². The smallest absolute Gasteiger partial charge is 0.307 e. The average Bonchev–Trinajstić information content (AvgIpc) is 3.66. The quantitative estimate of drug-likeness (QED) is 0.0201. The number of carboxylic acids is 1. The van der Waals surface area contributed by atoms with Crippen molar-refractivity contribution in [2.45, 2.75) is 26.1 Å². The van der Waals surface area contributed by atoms with Gasteiger partial charge in [0.05, 0.1) is 113 Å². The van der Waals surface area contributed by atoms with E-state index < -0.39 is 5.97 Å². The number of guanidine groups is 1. The third-order valence-corrected chi connectivity index (χ3v) is 11.0. The van der Waals surface area contributed by atoms with Gasteiger partial charge in [0.2, 0.25) is 0 Å². The largest absolute Gasteiger partial charge is 0.491 e. The van der Waals surface area contributed by atoms with Crippen molar-refractivity contribution in [2.24, 2.45) is 5.73 Å². The number of benzene rings is 3. The zero-order valence-electron chi connectivity index (χ0n) is 32.7. The summed E-state index contributed by atoms with van der Waals surface area (Å²) in [6.07, 6.45) is 1.79. The first-order chi connectivity index (χ1) is 29.1. The van der Waals surface area contributed by atoms with Crippen LogP contribution in [0.3, 0.4) is 0 Å². The van der Waals surface area contributed by atoms with E-state index in [-0.39, 0.29) is 19.0 Å². The summed E-state index contributed by atoms with van der Waals surface area (Å²) < 4.78 is 56.5. The lowest BCUT2D eigenvalue weighted by atomic mass is 10.1. The summed E-state index contributed by atoms with van der Waals surface area (Å²) in [6, 6.07) is 15.0. The minimum atomic E-state index is -0.873. The lowest BCUT2D eigenvalue weighted by molar-refractivity contribution is -0.136. The number of rotatable bonds is 31. The van der Waals surface area contributed by atoms with Crippen LogP contribution < -0.4 is 25.3 Å². The number of hydrogen-bond donors (Lipinski definition) is 4. The Morgan fingerprint density at radius 2 is 1.17 bits per heavy atom. The molecule has 17 nitrogen and oxygen atoms in total. The first-order valence-corrected chi connectivity index (χ1v) is 23.0. The van der Waals surface area contributed by atoms with Gasteiger partial charge in [-0.1, -0.05) is 17.3 Å². The lowest BCUT2D eigenvalue weighted by Gasteiger charge is -2.15. The van der Waals surface area contributed by atoms with Crippen LogP contribution >= 0.6 is 90.4 Å². The van der Waals surface area contributed by atoms with Gasteiger partial charge in [0.15, 0.2) is 11.7 Å². The van der Waals surface area contributed by atoms with Crippen LogP contribution in [0.2, 0.25) is 0 Å². The summed E-state index contributed by atoms with van der Waals surface area (Å²) in [5.74, 6) is 1.88. The molecular formula is C39H48I4N6O11. The van der Waals surface area contributed by atoms with Gasteiger partial charge in [0.1, 0.15) is 36.2 Å². The second-order valence-electron chi connectivity index (χ2n) is 12.5. The molecule has 0 unspecified atom stereocenters. The summed E-state index contributed by atoms with van der Waals surface area (Å²) in [4.78, 5) is 11.1. The van der Waals surface area contributed by atoms with Crippen LogP contribution in [0.5, 0.6) is 23.0 Å². The van der Waals surface area contributed by atoms with Crippen molar-refractivity contribution >= 4 is 102 Å². The maximum Gasteiger partial charge on any atom is 0.307 e. The number of nitrogens with two attached hydrogens (primary N) is 1. The molecule has 0 fully saturated rings. The molecule has 0 aliphatic heterocycles. The van der Waals surface area contributed by atoms with E-state index in [9.17, 15) is 4.79 Å². The number of ether oxygens (including phenoxy) is 9. The monoisotopic (exact) mass is 1280 g/mol. The highest BCUT2D eigenvalue weighted by atomic mass is 127. The van der Waals surface area contributed by atoms with E-state index in [2.05, 4.69) is 106 Å². The fraction of sp³-hybridized carbons (Fsp3) is 0.436. The first-order valence-electron chi connectivity index (χ1n) is 18.7. The molecule has 328 valence electrons. The van der Waals surface area contributed by atoms with E-state index in [1.165, 1.54) is 0 Å². The van der Waals surface area contributed by atoms with Crippen LogP contribution in [0.15, 0.2) is 54.7 Å². The molecule has 1 aromatic heterocycles. The maximum absolute atomic E-state index is 11.1. The van der Waals surface area contributed by atoms with Crippen molar-refractivity contribution < 1.29 is 52.5 Å². The topological polar surface area (TPSA) is 213 Å². The Morgan fingerprint density at radius 3 is 1.68 bits per heavy atom. The molecule has 0 saturated heterocycles. The molecule has 0 radical (unpaired) electrons. The fourth-order valence-corrected chi connectivity index (χ4v) is 9.12. The SMILES string of the molecule is N=C(N)NCc1ccc(OCCOCCOCCOCCOCCOCCOCCn2cc(COc3c(I)cc(Oc4c(I)cc(CC(=O)O)cc4I)cc3I)nn2)cc1. The highest BCUT2D eigenvalue weighted by Gasteiger charge is 2.16. The number of hydrogen-bond acceptors (Lipinski definition) is 13. The van der Waals surface area contributed by atoms with Crippen molar-refractivity contribution in [3.8, 4) is 23.0 Å². The Bertz CT molecular complexity index is 1860. The predicted octanol–water partition coefficient (Wildman–Crippen LogP) is 5.86. The molecule has 1 heterocycles. The van der Waals surface area contributed by atoms with Crippen molar-refractivity contribution in [1.29, 1.82) is 5.41 Å². The molecule has 3 aromatic carbocycles. The van der Waals surface area contributed by atoms with Gasteiger partial charge in [-0.2, -0.15) is 0 Å². The van der Waals surface area contributed by atoms with Crippen LogP contribution in [0.25, 0.3) is 0 Å². The number of carbonyl (C=O) groups is 1. The normalized spacial score (nSPS) is 11.1. The molecule has 4 rings (SSSR count). The zero-order valence-corrected chi connectivity index (χ0v) is 41.3. The molecule has 0 spiro atoms. The van der Waals surface area contributed by atoms with Crippen molar-refractivity contribution in [3.63, 3.8) is 0 Å². The van der Waals surface area contributed by atoms with Crippen LogP contribution in [-0.4, -0.2) is 118 Å². The number of aliphatic carboxylic acids is 1. The third kappa shape index (κ3) is 20.2. The molecule has 60 heavy (non-hydrogen) atoms. The zero-order chi connectivity index (χ0) is 43.0. The van der Waals surface area contributed by atoms with Crippen LogP contribution in [0.1, 0.15) is 16.8 Å². The Kier molecular flexibility index (Phi) is 24.4. The second kappa shape index (κ2) is 29.1. The molecule has 21 heteroatoms. The minimum Gasteiger partial charge on any atom is -0.491 e. The highest BCUT2D eigenvalue weighted by molar-refractivity contribution is 14.1. The molecule has 0 amide bonds. The van der Waals surface area contributed by atoms with Crippen LogP contribution in [0, 0.1) is 19.7 Å². The number of halogens is 4. The number of carboxylic acid groups (broad SMARTS) is 1. The summed E-state index contributed by atoms with van der Waals surface area (Å²) in [5.41, 5.74) is 7.72. The van der Waals surface area contributed by atoms with Gasteiger partial charge in [-0.3, -0.25) is 10.2 Å². The summed E-state index contributed by atoms with van der Waals surface area (Å²) in [7, 11) is 0. The summed E-state index contributed by atoms with van der Waals surface area (Å²) in [6.45, 7) is 7.34. The van der Waals surface area contributed by atoms with Gasteiger partial charge in [-0.05, 0) is 138 Å². The molecule has 0 atom stereocenters. The molecule has 0 saturated carbocycles. The molecular weight excluding hydrogens is 1240 g/mol. The fourth-order valence-electron chi connectivity index (χ4n) is 4.98. The molecule has 5 N–H and O–H groups in total. The second-order valence-corrected chi connectivity index (χ2v) is 17.1. The predicted molar refractivity (Wildman–Crippen MR) is 255 cm³/mol. The minimum absolute atomic E-state index is 0.0399. The van der Waals surface area contributed by atoms with E-state index in [0.29, 0.717) is 116 Å². The van der Waals surface area contributed by atoms with Gasteiger partial charge in [0.25, 0.3) is 0 Å². The number of aromatic nitrogens is 3. The first kappa shape index (κ1) is 50.3. The summed E-state index contributed by atoms with van der Waals surface area (Å²) >= 11 is 8.77. The summed E-state index contributed by atoms with van der Waals surface area (Å²) in [5, 5.41) is 27.5. The number of nitrogens with zero attached hydrogens (tertiary/aromatic N) is 3. The molecule has 4 aromatic rings. The van der Waals surface area contributed by atoms with Gasteiger partial charge < -0.3 is 58.8 Å². The van der Waals surface area contributed by atoms with Gasteiger partial charge in [0, 0.05) is 6.54 Å². The van der Waals surface area contributed by atoms with E-state index in [4.69, 9.17) is 58.9 Å². The number of nitrogens with one attached hydrogen (secondary N) is 2. The van der Waals surface area contributed by atoms with Crippen molar-refractivity contribution in [3.05, 3.63) is 85.8 Å². The van der Waals surface area contributed by atoms with Crippen molar-refractivity contribution in [1.82, 2.24) is 20.3 Å². The van der Waals surface area contributed by atoms with E-state index in [1.54, 1.807) is 4.68 Å². The Balaban J connectivity index is 0.932. The molecule has 0 aliphatic carbocycles. The third-order valence-electron chi connectivity index (χ3n) is 7.78. The van der Waals surface area contributed by atoms with E-state index >= 15 is 0 Å². The molecule has 0 aliphatic rings. The van der Waals surface area contributed by atoms with E-state index in [0.717, 1.165) is 36.9 Å². The standard InChI is InChI=1S/C39H48I4N6O11/c40-32-19-28(21-36(50)51)20-33(41)38(32)60-31-22-34(42)37(35(43)23-31)59-26-29-25-49(48-47-29)5-6-52-7-8-53-9-10-54-11-12-55-13-14-56-15-16-57-17-18-58-30-3-1-27(2-4-30)24-46-39(44)45/h1-4,19-20,22-23,25H,5-18,21,24,26H2,(H,50,51)(H4,44,45,46). The van der Waals surface area contributed by atoms with Gasteiger partial charge in [-0.15, -0.1) is 5.10 Å². The van der Waals surface area contributed by atoms with Crippen LogP contribution in [0.4, 0.5) is 0 Å². The Hall–Kier alpha value is -2.38. The Morgan fingerprint density at radius 1 is 0.667 bits per heavy atom. The highest BCUT2D eigenvalue weighted by Crippen LogP contribution is 2.37. The van der Waals surface area contributed by atoms with Gasteiger partial charge >= 0.3 is 5.97 Å². The van der Waals surface area contributed by atoms with Crippen LogP contribution in [-0.2, 0) is 59.3 Å².